The van der Waals surface area contributed by atoms with Gasteiger partial charge < -0.3 is 4.74 Å². The van der Waals surface area contributed by atoms with E-state index in [1.54, 1.807) is 29.4 Å². The van der Waals surface area contributed by atoms with Crippen molar-refractivity contribution in [1.82, 2.24) is 9.55 Å². The summed E-state index contributed by atoms with van der Waals surface area (Å²) >= 11 is 1.57. The molecule has 0 bridgehead atoms. The molecule has 0 fully saturated rings. The van der Waals surface area contributed by atoms with Crippen molar-refractivity contribution in [3.63, 3.8) is 0 Å². The number of hydrogen-bond donors (Lipinski definition) is 0. The molecule has 1 aromatic carbocycles. The summed E-state index contributed by atoms with van der Waals surface area (Å²) in [5, 5.41) is 0.623. The van der Waals surface area contributed by atoms with Crippen LogP contribution in [0.15, 0.2) is 29.1 Å². The van der Waals surface area contributed by atoms with E-state index in [0.29, 0.717) is 34.7 Å². The first-order valence-electron chi connectivity index (χ1n) is 7.52. The summed E-state index contributed by atoms with van der Waals surface area (Å²) in [7, 11) is 1.73. The minimum Gasteiger partial charge on any atom is -0.460 e. The average Bonchev–Trinajstić information content (AvgIpc) is 2.46. The Balaban J connectivity index is 1.97. The number of esters is 1. The van der Waals surface area contributed by atoms with Crippen LogP contribution >= 0.6 is 11.8 Å². The summed E-state index contributed by atoms with van der Waals surface area (Å²) in [4.78, 5) is 28.5. The molecular weight excluding hydrogens is 312 g/mol. The van der Waals surface area contributed by atoms with Crippen molar-refractivity contribution in [1.29, 1.82) is 0 Å². The molecule has 2 rings (SSSR count). The zero-order valence-electron chi connectivity index (χ0n) is 14.0. The van der Waals surface area contributed by atoms with Crippen LogP contribution in [-0.2, 0) is 22.3 Å². The highest BCUT2D eigenvalue weighted by molar-refractivity contribution is 7.98. The molecule has 0 spiro atoms. The monoisotopic (exact) mass is 334 g/mol. The Kier molecular flexibility index (Phi) is 5.46. The van der Waals surface area contributed by atoms with E-state index >= 15 is 0 Å². The summed E-state index contributed by atoms with van der Waals surface area (Å²) in [6, 6.07) is 7.32. The summed E-state index contributed by atoms with van der Waals surface area (Å²) in [5.41, 5.74) is 0.211. The van der Waals surface area contributed by atoms with Gasteiger partial charge in [0.25, 0.3) is 5.56 Å². The van der Waals surface area contributed by atoms with Crippen LogP contribution in [0.3, 0.4) is 0 Å². The molecule has 0 N–H and O–H groups in total. The third-order valence-corrected chi connectivity index (χ3v) is 4.13. The van der Waals surface area contributed by atoms with Gasteiger partial charge in [0.05, 0.1) is 23.1 Å². The second-order valence-electron chi connectivity index (χ2n) is 6.30. The minimum absolute atomic E-state index is 0.0432. The molecular formula is C17H22N2O3S. The van der Waals surface area contributed by atoms with Gasteiger partial charge in [0.2, 0.25) is 0 Å². The molecule has 5 nitrogen and oxygen atoms in total. The van der Waals surface area contributed by atoms with E-state index in [1.165, 1.54) is 0 Å². The van der Waals surface area contributed by atoms with Gasteiger partial charge in [0.1, 0.15) is 11.4 Å². The van der Waals surface area contributed by atoms with Crippen LogP contribution in [0.4, 0.5) is 0 Å². The van der Waals surface area contributed by atoms with Crippen molar-refractivity contribution < 1.29 is 9.53 Å². The lowest BCUT2D eigenvalue weighted by atomic mass is 10.2. The predicted octanol–water partition coefficient (Wildman–Crippen LogP) is 2.90. The quantitative estimate of drug-likeness (QED) is 0.621. The second-order valence-corrected chi connectivity index (χ2v) is 7.40. The van der Waals surface area contributed by atoms with Gasteiger partial charge in [-0.3, -0.25) is 14.2 Å². The zero-order chi connectivity index (χ0) is 17.0. The van der Waals surface area contributed by atoms with Gasteiger partial charge in [-0.15, -0.1) is 0 Å². The minimum atomic E-state index is -0.453. The number of aromatic nitrogens is 2. The summed E-state index contributed by atoms with van der Waals surface area (Å²) in [6.45, 7) is 5.56. The Labute approximate surface area is 140 Å². The molecule has 0 atom stereocenters. The van der Waals surface area contributed by atoms with Gasteiger partial charge in [-0.1, -0.05) is 12.1 Å². The van der Waals surface area contributed by atoms with Crippen molar-refractivity contribution in [3.8, 4) is 0 Å². The van der Waals surface area contributed by atoms with E-state index in [1.807, 2.05) is 39.0 Å². The molecule has 0 aliphatic carbocycles. The SMILES string of the molecule is Cn1c(CSCCC(=O)OC(C)(C)C)nc2ccccc2c1=O. The predicted molar refractivity (Wildman–Crippen MR) is 93.6 cm³/mol. The van der Waals surface area contributed by atoms with E-state index < -0.39 is 5.60 Å². The number of rotatable bonds is 5. The fourth-order valence-electron chi connectivity index (χ4n) is 2.10. The van der Waals surface area contributed by atoms with Gasteiger partial charge in [-0.25, -0.2) is 4.98 Å². The van der Waals surface area contributed by atoms with Crippen molar-refractivity contribution >= 4 is 28.6 Å². The number of para-hydroxylation sites is 1. The normalized spacial score (nSPS) is 11.7. The third kappa shape index (κ3) is 4.82. The molecule has 0 aliphatic rings. The molecule has 1 aromatic heterocycles. The zero-order valence-corrected chi connectivity index (χ0v) is 14.8. The highest BCUT2D eigenvalue weighted by atomic mass is 32.2. The van der Waals surface area contributed by atoms with Crippen LogP contribution in [0.2, 0.25) is 0 Å². The third-order valence-electron chi connectivity index (χ3n) is 3.18. The van der Waals surface area contributed by atoms with Crippen molar-refractivity contribution in [3.05, 3.63) is 40.4 Å². The highest BCUT2D eigenvalue weighted by Crippen LogP contribution is 2.15. The molecule has 0 amide bonds. The largest absolute Gasteiger partial charge is 0.460 e. The van der Waals surface area contributed by atoms with Gasteiger partial charge >= 0.3 is 5.97 Å². The first-order chi connectivity index (χ1) is 10.8. The van der Waals surface area contributed by atoms with E-state index in [9.17, 15) is 9.59 Å². The molecule has 0 radical (unpaired) electrons. The topological polar surface area (TPSA) is 61.2 Å². The number of fused-ring (bicyclic) bond motifs is 1. The Morgan fingerprint density at radius 1 is 1.30 bits per heavy atom. The maximum absolute atomic E-state index is 12.3. The Morgan fingerprint density at radius 3 is 2.70 bits per heavy atom. The van der Waals surface area contributed by atoms with Crippen LogP contribution in [0.25, 0.3) is 10.9 Å². The lowest BCUT2D eigenvalue weighted by Crippen LogP contribution is -2.24. The summed E-state index contributed by atoms with van der Waals surface area (Å²) in [6.07, 6.45) is 0.351. The van der Waals surface area contributed by atoms with Crippen LogP contribution in [0.1, 0.15) is 33.0 Å². The molecule has 0 aliphatic heterocycles. The van der Waals surface area contributed by atoms with Crippen molar-refractivity contribution in [2.24, 2.45) is 7.05 Å². The van der Waals surface area contributed by atoms with Crippen molar-refractivity contribution in [2.75, 3.05) is 5.75 Å². The fraction of sp³-hybridized carbons (Fsp3) is 0.471. The van der Waals surface area contributed by atoms with Gasteiger partial charge in [0, 0.05) is 12.8 Å². The van der Waals surface area contributed by atoms with E-state index in [2.05, 4.69) is 4.98 Å². The highest BCUT2D eigenvalue weighted by Gasteiger charge is 2.16. The van der Waals surface area contributed by atoms with E-state index in [4.69, 9.17) is 4.74 Å². The first-order valence-corrected chi connectivity index (χ1v) is 8.67. The molecule has 0 unspecified atom stereocenters. The van der Waals surface area contributed by atoms with Crippen LogP contribution < -0.4 is 5.56 Å². The standard InChI is InChI=1S/C17H22N2O3S/c1-17(2,3)22-15(20)9-10-23-11-14-18-13-8-6-5-7-12(13)16(21)19(14)4/h5-8H,9-11H2,1-4H3. The van der Waals surface area contributed by atoms with Gasteiger partial charge in [-0.05, 0) is 32.9 Å². The number of carbonyl (C=O) groups is 1. The van der Waals surface area contributed by atoms with E-state index in [-0.39, 0.29) is 11.5 Å². The molecule has 0 saturated heterocycles. The Bertz CT molecular complexity index is 763. The lowest BCUT2D eigenvalue weighted by Gasteiger charge is -2.19. The van der Waals surface area contributed by atoms with Crippen LogP contribution in [-0.4, -0.2) is 26.9 Å². The number of benzene rings is 1. The fourth-order valence-corrected chi connectivity index (χ4v) is 3.00. The number of hydrogen-bond acceptors (Lipinski definition) is 5. The maximum Gasteiger partial charge on any atom is 0.307 e. The molecule has 6 heteroatoms. The van der Waals surface area contributed by atoms with Crippen LogP contribution in [0.5, 0.6) is 0 Å². The summed E-state index contributed by atoms with van der Waals surface area (Å²) < 4.78 is 6.84. The van der Waals surface area contributed by atoms with Crippen LogP contribution in [0, 0.1) is 0 Å². The first kappa shape index (κ1) is 17.5. The van der Waals surface area contributed by atoms with E-state index in [0.717, 1.165) is 0 Å². The van der Waals surface area contributed by atoms with Crippen molar-refractivity contribution in [2.45, 2.75) is 38.5 Å². The molecule has 124 valence electrons. The number of nitrogens with zero attached hydrogens (tertiary/aromatic N) is 2. The number of thioether (sulfide) groups is 1. The lowest BCUT2D eigenvalue weighted by molar-refractivity contribution is -0.154. The van der Waals surface area contributed by atoms with Gasteiger partial charge in [-0.2, -0.15) is 11.8 Å². The maximum atomic E-state index is 12.3. The Hall–Kier alpha value is -1.82. The Morgan fingerprint density at radius 2 is 2.00 bits per heavy atom. The average molecular weight is 334 g/mol. The molecule has 2 aromatic rings. The van der Waals surface area contributed by atoms with Gasteiger partial charge in [0.15, 0.2) is 0 Å². The molecule has 23 heavy (non-hydrogen) atoms. The summed E-state index contributed by atoms with van der Waals surface area (Å²) in [5.74, 6) is 1.73. The number of ether oxygens (including phenoxy) is 1. The smallest absolute Gasteiger partial charge is 0.307 e. The second kappa shape index (κ2) is 7.17. The molecule has 0 saturated carbocycles. The molecule has 1 heterocycles. The number of carbonyl (C=O) groups excluding carboxylic acids is 1.